The Hall–Kier alpha value is -0.130. The van der Waals surface area contributed by atoms with Crippen LogP contribution in [-0.2, 0) is 14.8 Å². The highest BCUT2D eigenvalue weighted by atomic mass is 35.5. The number of sulfonamides is 1. The second kappa shape index (κ2) is 5.24. The van der Waals surface area contributed by atoms with E-state index in [0.29, 0.717) is 25.7 Å². The molecule has 0 aromatic carbocycles. The van der Waals surface area contributed by atoms with Gasteiger partial charge < -0.3 is 0 Å². The molecule has 0 aromatic rings. The van der Waals surface area contributed by atoms with Crippen LogP contribution in [0.3, 0.4) is 0 Å². The van der Waals surface area contributed by atoms with Gasteiger partial charge in [-0.15, -0.1) is 0 Å². The van der Waals surface area contributed by atoms with Gasteiger partial charge in [-0.05, 0) is 58.1 Å². The summed E-state index contributed by atoms with van der Waals surface area (Å²) in [6.07, 6.45) is 2.69. The van der Waals surface area contributed by atoms with Gasteiger partial charge in [0.05, 0.1) is 4.75 Å². The second-order valence-corrected chi connectivity index (χ2v) is 8.43. The molecule has 0 saturated heterocycles. The maximum Gasteiger partial charge on any atom is 0.224 e. The SMILES string of the molecule is CC(C)(C)S(=O)(=O)NC1CCC(C(=O)Cl)CC1. The number of hydrogen-bond donors (Lipinski definition) is 1. The van der Waals surface area contributed by atoms with Gasteiger partial charge >= 0.3 is 0 Å². The molecule has 1 N–H and O–H groups in total. The summed E-state index contributed by atoms with van der Waals surface area (Å²) in [5, 5.41) is -0.304. The van der Waals surface area contributed by atoms with Gasteiger partial charge in [0, 0.05) is 12.0 Å². The van der Waals surface area contributed by atoms with Crippen molar-refractivity contribution in [3.05, 3.63) is 0 Å². The van der Waals surface area contributed by atoms with Gasteiger partial charge in [0.15, 0.2) is 0 Å². The molecule has 1 aliphatic rings. The van der Waals surface area contributed by atoms with Crippen molar-refractivity contribution in [1.29, 1.82) is 0 Å². The zero-order valence-electron chi connectivity index (χ0n) is 10.5. The third-order valence-electron chi connectivity index (χ3n) is 3.18. The Balaban J connectivity index is 2.55. The Bertz CT molecular complexity index is 378. The topological polar surface area (TPSA) is 63.2 Å². The molecule has 1 rings (SSSR count). The predicted molar refractivity (Wildman–Crippen MR) is 68.4 cm³/mol. The zero-order chi connectivity index (χ0) is 13.3. The van der Waals surface area contributed by atoms with E-state index in [1.807, 2.05) is 0 Å². The molecule has 0 heterocycles. The van der Waals surface area contributed by atoms with Gasteiger partial charge in [0.1, 0.15) is 0 Å². The van der Waals surface area contributed by atoms with Gasteiger partial charge in [-0.2, -0.15) is 0 Å². The van der Waals surface area contributed by atoms with Crippen LogP contribution in [0.15, 0.2) is 0 Å². The number of hydrogen-bond acceptors (Lipinski definition) is 3. The van der Waals surface area contributed by atoms with Gasteiger partial charge in [0.25, 0.3) is 0 Å². The van der Waals surface area contributed by atoms with Crippen LogP contribution in [0.25, 0.3) is 0 Å². The van der Waals surface area contributed by atoms with Crippen molar-refractivity contribution in [2.45, 2.75) is 57.2 Å². The minimum Gasteiger partial charge on any atom is -0.281 e. The highest BCUT2D eigenvalue weighted by Crippen LogP contribution is 2.27. The van der Waals surface area contributed by atoms with Crippen LogP contribution < -0.4 is 4.72 Å². The summed E-state index contributed by atoms with van der Waals surface area (Å²) in [6, 6.07) is -0.0634. The molecular formula is C11H20ClNO3S. The summed E-state index contributed by atoms with van der Waals surface area (Å²) in [7, 11) is -3.30. The number of nitrogens with one attached hydrogen (secondary N) is 1. The largest absolute Gasteiger partial charge is 0.281 e. The fourth-order valence-corrected chi connectivity index (χ4v) is 3.08. The van der Waals surface area contributed by atoms with Crippen molar-refractivity contribution in [2.24, 2.45) is 5.92 Å². The number of rotatable bonds is 3. The van der Waals surface area contributed by atoms with Crippen molar-refractivity contribution in [2.75, 3.05) is 0 Å². The van der Waals surface area contributed by atoms with Crippen molar-refractivity contribution in [1.82, 2.24) is 4.72 Å². The van der Waals surface area contributed by atoms with E-state index in [2.05, 4.69) is 4.72 Å². The number of carbonyl (C=O) groups excluding carboxylic acids is 1. The fraction of sp³-hybridized carbons (Fsp3) is 0.909. The summed E-state index contributed by atoms with van der Waals surface area (Å²) in [5.41, 5.74) is 0. The van der Waals surface area contributed by atoms with Crippen LogP contribution in [0.2, 0.25) is 0 Å². The standard InChI is InChI=1S/C11H20ClNO3S/c1-11(2,3)17(15,16)13-9-6-4-8(5-7-9)10(12)14/h8-9,13H,4-7H2,1-3H3. The first kappa shape index (κ1) is 14.9. The number of halogens is 1. The summed E-state index contributed by atoms with van der Waals surface area (Å²) in [5.74, 6) is -0.105. The molecule has 100 valence electrons. The molecule has 4 nitrogen and oxygen atoms in total. The lowest BCUT2D eigenvalue weighted by Crippen LogP contribution is -2.46. The average Bonchev–Trinajstić information content (AvgIpc) is 2.16. The van der Waals surface area contributed by atoms with Crippen molar-refractivity contribution < 1.29 is 13.2 Å². The lowest BCUT2D eigenvalue weighted by molar-refractivity contribution is -0.116. The second-order valence-electron chi connectivity index (χ2n) is 5.59. The minimum absolute atomic E-state index is 0.0634. The van der Waals surface area contributed by atoms with E-state index in [0.717, 1.165) is 0 Å². The van der Waals surface area contributed by atoms with Crippen molar-refractivity contribution >= 4 is 26.9 Å². The molecule has 1 saturated carbocycles. The maximum atomic E-state index is 11.9. The first-order valence-corrected chi connectivity index (χ1v) is 7.71. The maximum absolute atomic E-state index is 11.9. The Morgan fingerprint density at radius 3 is 2.00 bits per heavy atom. The van der Waals surface area contributed by atoms with Crippen LogP contribution in [0.5, 0.6) is 0 Å². The van der Waals surface area contributed by atoms with Crippen LogP contribution >= 0.6 is 11.6 Å². The molecule has 0 aromatic heterocycles. The van der Waals surface area contributed by atoms with Crippen LogP contribution in [0, 0.1) is 5.92 Å². The molecule has 0 radical (unpaired) electrons. The first-order chi connectivity index (χ1) is 7.63. The quantitative estimate of drug-likeness (QED) is 0.805. The molecule has 0 amide bonds. The molecule has 0 spiro atoms. The van der Waals surface area contributed by atoms with E-state index >= 15 is 0 Å². The lowest BCUT2D eigenvalue weighted by atomic mass is 9.87. The Labute approximate surface area is 108 Å². The average molecular weight is 282 g/mol. The molecule has 6 heteroatoms. The van der Waals surface area contributed by atoms with Gasteiger partial charge in [-0.1, -0.05) is 0 Å². The predicted octanol–water partition coefficient (Wildman–Crippen LogP) is 2.03. The van der Waals surface area contributed by atoms with Gasteiger partial charge in [-0.25, -0.2) is 13.1 Å². The van der Waals surface area contributed by atoms with E-state index < -0.39 is 14.8 Å². The van der Waals surface area contributed by atoms with Crippen molar-refractivity contribution in [3.63, 3.8) is 0 Å². The fourth-order valence-electron chi connectivity index (χ4n) is 1.83. The van der Waals surface area contributed by atoms with Gasteiger partial charge in [-0.3, -0.25) is 4.79 Å². The van der Waals surface area contributed by atoms with E-state index in [4.69, 9.17) is 11.6 Å². The third-order valence-corrected chi connectivity index (χ3v) is 5.74. The summed E-state index contributed by atoms with van der Waals surface area (Å²) in [6.45, 7) is 5.01. The molecular weight excluding hydrogens is 262 g/mol. The normalized spacial score (nSPS) is 26.8. The molecule has 0 atom stereocenters. The first-order valence-electron chi connectivity index (χ1n) is 5.85. The van der Waals surface area contributed by atoms with E-state index in [9.17, 15) is 13.2 Å². The highest BCUT2D eigenvalue weighted by Gasteiger charge is 2.33. The van der Waals surface area contributed by atoms with Crippen molar-refractivity contribution in [3.8, 4) is 0 Å². The summed E-state index contributed by atoms with van der Waals surface area (Å²) in [4.78, 5) is 11.0. The molecule has 0 bridgehead atoms. The van der Waals surface area contributed by atoms with Crippen LogP contribution in [0.4, 0.5) is 0 Å². The molecule has 1 fully saturated rings. The van der Waals surface area contributed by atoms with E-state index in [1.165, 1.54) is 0 Å². The Morgan fingerprint density at radius 1 is 1.18 bits per heavy atom. The number of carbonyl (C=O) groups is 1. The molecule has 1 aliphatic carbocycles. The van der Waals surface area contributed by atoms with Crippen LogP contribution in [-0.4, -0.2) is 24.4 Å². The smallest absolute Gasteiger partial charge is 0.224 e. The van der Waals surface area contributed by atoms with Crippen LogP contribution in [0.1, 0.15) is 46.5 Å². The Morgan fingerprint density at radius 2 is 1.65 bits per heavy atom. The highest BCUT2D eigenvalue weighted by molar-refractivity contribution is 7.90. The lowest BCUT2D eigenvalue weighted by Gasteiger charge is -2.30. The summed E-state index contributed by atoms with van der Waals surface area (Å²) < 4.78 is 25.8. The third kappa shape index (κ3) is 3.93. The molecule has 0 unspecified atom stereocenters. The van der Waals surface area contributed by atoms with Gasteiger partial charge in [0.2, 0.25) is 15.3 Å². The van der Waals surface area contributed by atoms with E-state index in [1.54, 1.807) is 20.8 Å². The minimum atomic E-state index is -3.30. The monoisotopic (exact) mass is 281 g/mol. The summed E-state index contributed by atoms with van der Waals surface area (Å²) >= 11 is 5.43. The zero-order valence-corrected chi connectivity index (χ0v) is 12.1. The Kier molecular flexibility index (Phi) is 4.60. The van der Waals surface area contributed by atoms with E-state index in [-0.39, 0.29) is 17.2 Å². The molecule has 0 aliphatic heterocycles. The molecule has 17 heavy (non-hydrogen) atoms.